The van der Waals surface area contributed by atoms with E-state index in [9.17, 15) is 13.2 Å². The summed E-state index contributed by atoms with van der Waals surface area (Å²) in [6, 6.07) is 0.113. The van der Waals surface area contributed by atoms with Gasteiger partial charge in [-0.05, 0) is 27.8 Å². The number of nitrogens with zero attached hydrogens (tertiary/aromatic N) is 2. The highest BCUT2D eigenvalue weighted by Crippen LogP contribution is 2.21. The third-order valence-electron chi connectivity index (χ3n) is 2.87. The van der Waals surface area contributed by atoms with Gasteiger partial charge in [0.25, 0.3) is 0 Å². The third kappa shape index (κ3) is 3.71. The van der Waals surface area contributed by atoms with E-state index < -0.39 is 13.0 Å². The van der Waals surface area contributed by atoms with Crippen LogP contribution in [0.15, 0.2) is 0 Å². The summed E-state index contributed by atoms with van der Waals surface area (Å²) in [5, 5.41) is 7.32. The molecule has 1 aromatic heterocycles. The van der Waals surface area contributed by atoms with Crippen molar-refractivity contribution in [1.29, 1.82) is 0 Å². The minimum atomic E-state index is -4.59. The molecule has 0 aliphatic carbocycles. The van der Waals surface area contributed by atoms with Gasteiger partial charge >= 0.3 is 6.36 Å². The molecule has 4 nitrogen and oxygen atoms in total. The molecule has 0 aromatic carbocycles. The third-order valence-corrected chi connectivity index (χ3v) is 2.87. The number of hydrogen-bond acceptors (Lipinski definition) is 3. The van der Waals surface area contributed by atoms with Gasteiger partial charge in [-0.15, -0.1) is 13.2 Å². The Morgan fingerprint density at radius 2 is 2.00 bits per heavy atom. The van der Waals surface area contributed by atoms with E-state index >= 15 is 0 Å². The summed E-state index contributed by atoms with van der Waals surface area (Å²) in [6.45, 7) is 5.32. The maximum Gasteiger partial charge on any atom is 0.522 e. The van der Waals surface area contributed by atoms with Crippen LogP contribution < -0.4 is 5.32 Å². The number of aromatic nitrogens is 2. The van der Waals surface area contributed by atoms with E-state index in [1.807, 2.05) is 27.8 Å². The van der Waals surface area contributed by atoms with Gasteiger partial charge in [-0.25, -0.2) is 0 Å². The minimum absolute atomic E-state index is 0.0859. The molecule has 7 heteroatoms. The summed E-state index contributed by atoms with van der Waals surface area (Å²) in [6.07, 6.45) is -4.59. The quantitative estimate of drug-likeness (QED) is 0.888. The van der Waals surface area contributed by atoms with Crippen molar-refractivity contribution in [3.8, 4) is 0 Å². The molecule has 0 bridgehead atoms. The number of aryl methyl sites for hydroxylation is 1. The van der Waals surface area contributed by atoms with Crippen LogP contribution in [0.3, 0.4) is 0 Å². The first-order valence-electron chi connectivity index (χ1n) is 5.68. The second kappa shape index (κ2) is 5.71. The van der Waals surface area contributed by atoms with Crippen LogP contribution in [0.1, 0.15) is 29.9 Å². The number of ether oxygens (including phenoxy) is 1. The van der Waals surface area contributed by atoms with Gasteiger partial charge in [-0.1, -0.05) is 0 Å². The lowest BCUT2D eigenvalue weighted by atomic mass is 10.1. The zero-order chi connectivity index (χ0) is 13.9. The van der Waals surface area contributed by atoms with Gasteiger partial charge in [0.05, 0.1) is 18.8 Å². The van der Waals surface area contributed by atoms with Crippen LogP contribution in [-0.4, -0.2) is 29.8 Å². The van der Waals surface area contributed by atoms with Crippen molar-refractivity contribution in [2.45, 2.75) is 39.7 Å². The topological polar surface area (TPSA) is 39.1 Å². The Labute approximate surface area is 104 Å². The summed E-state index contributed by atoms with van der Waals surface area (Å²) in [5.41, 5.74) is 2.70. The Morgan fingerprint density at radius 3 is 2.50 bits per heavy atom. The second-order valence-corrected chi connectivity index (χ2v) is 4.11. The monoisotopic (exact) mass is 265 g/mol. The van der Waals surface area contributed by atoms with E-state index in [1.165, 1.54) is 0 Å². The van der Waals surface area contributed by atoms with E-state index in [4.69, 9.17) is 0 Å². The molecule has 1 rings (SSSR count). The maximum atomic E-state index is 11.9. The molecule has 0 saturated heterocycles. The van der Waals surface area contributed by atoms with Crippen molar-refractivity contribution in [3.05, 3.63) is 17.0 Å². The van der Waals surface area contributed by atoms with Crippen LogP contribution in [0.4, 0.5) is 13.2 Å². The van der Waals surface area contributed by atoms with Gasteiger partial charge < -0.3 is 5.32 Å². The summed E-state index contributed by atoms with van der Waals surface area (Å²) >= 11 is 0. The van der Waals surface area contributed by atoms with Crippen molar-refractivity contribution in [2.24, 2.45) is 0 Å². The standard InChI is InChI=1S/C11H18F3N3O/c1-7(15-4)10-8(2)16-17(9(10)3)5-6-18-11(12,13)14/h7,15H,5-6H2,1-4H3. The van der Waals surface area contributed by atoms with Crippen molar-refractivity contribution in [1.82, 2.24) is 15.1 Å². The van der Waals surface area contributed by atoms with Crippen molar-refractivity contribution >= 4 is 0 Å². The lowest BCUT2D eigenvalue weighted by Gasteiger charge is -2.12. The average molecular weight is 265 g/mol. The number of halogens is 3. The van der Waals surface area contributed by atoms with E-state index in [0.717, 1.165) is 17.0 Å². The molecule has 0 fully saturated rings. The predicted molar refractivity (Wildman–Crippen MR) is 61.2 cm³/mol. The summed E-state index contributed by atoms with van der Waals surface area (Å²) in [4.78, 5) is 0. The van der Waals surface area contributed by atoms with Gasteiger partial charge in [-0.3, -0.25) is 9.42 Å². The molecule has 1 unspecified atom stereocenters. The van der Waals surface area contributed by atoms with E-state index in [0.29, 0.717) is 0 Å². The molecule has 0 spiro atoms. The summed E-state index contributed by atoms with van der Waals surface area (Å²) < 4.78 is 40.9. The molecule has 0 radical (unpaired) electrons. The average Bonchev–Trinajstić information content (AvgIpc) is 2.52. The van der Waals surface area contributed by atoms with Gasteiger partial charge in [-0.2, -0.15) is 5.10 Å². The second-order valence-electron chi connectivity index (χ2n) is 4.11. The number of alkyl halides is 3. The molecule has 18 heavy (non-hydrogen) atoms. The fraction of sp³-hybridized carbons (Fsp3) is 0.727. The molecule has 1 heterocycles. The molecule has 1 atom stereocenters. The van der Waals surface area contributed by atoms with Gasteiger partial charge in [0.1, 0.15) is 0 Å². The van der Waals surface area contributed by atoms with E-state index in [2.05, 4.69) is 15.2 Å². The molecule has 0 amide bonds. The fourth-order valence-corrected chi connectivity index (χ4v) is 1.95. The minimum Gasteiger partial charge on any atom is -0.313 e. The van der Waals surface area contributed by atoms with Crippen LogP contribution in [0.5, 0.6) is 0 Å². The number of nitrogens with one attached hydrogen (secondary N) is 1. The van der Waals surface area contributed by atoms with Gasteiger partial charge in [0, 0.05) is 17.3 Å². The lowest BCUT2D eigenvalue weighted by Crippen LogP contribution is -2.19. The zero-order valence-corrected chi connectivity index (χ0v) is 10.9. The van der Waals surface area contributed by atoms with Crippen LogP contribution in [0, 0.1) is 13.8 Å². The molecule has 0 aliphatic rings. The molecular formula is C11H18F3N3O. The van der Waals surface area contributed by atoms with Gasteiger partial charge in [0.2, 0.25) is 0 Å². The Hall–Kier alpha value is -1.08. The molecule has 104 valence electrons. The highest BCUT2D eigenvalue weighted by molar-refractivity contribution is 5.27. The number of rotatable bonds is 5. The summed E-state index contributed by atoms with van der Waals surface area (Å²) in [7, 11) is 1.83. The molecular weight excluding hydrogens is 247 g/mol. The van der Waals surface area contributed by atoms with Crippen LogP contribution in [-0.2, 0) is 11.3 Å². The lowest BCUT2D eigenvalue weighted by molar-refractivity contribution is -0.325. The van der Waals surface area contributed by atoms with Crippen molar-refractivity contribution in [2.75, 3.05) is 13.7 Å². The maximum absolute atomic E-state index is 11.9. The first-order valence-corrected chi connectivity index (χ1v) is 5.68. The first kappa shape index (κ1) is 15.0. The fourth-order valence-electron chi connectivity index (χ4n) is 1.95. The number of hydrogen-bond donors (Lipinski definition) is 1. The van der Waals surface area contributed by atoms with Crippen LogP contribution >= 0.6 is 0 Å². The highest BCUT2D eigenvalue weighted by Gasteiger charge is 2.28. The van der Waals surface area contributed by atoms with Gasteiger partial charge in [0.15, 0.2) is 0 Å². The Kier molecular flexibility index (Phi) is 4.75. The first-order chi connectivity index (χ1) is 8.26. The molecule has 0 saturated carbocycles. The molecule has 1 aromatic rings. The smallest absolute Gasteiger partial charge is 0.313 e. The highest BCUT2D eigenvalue weighted by atomic mass is 19.4. The normalized spacial score (nSPS) is 13.9. The summed E-state index contributed by atoms with van der Waals surface area (Å²) in [5.74, 6) is 0. The molecule has 0 aliphatic heterocycles. The van der Waals surface area contributed by atoms with E-state index in [-0.39, 0.29) is 12.6 Å². The van der Waals surface area contributed by atoms with Crippen molar-refractivity contribution < 1.29 is 17.9 Å². The Balaban J connectivity index is 2.74. The van der Waals surface area contributed by atoms with Crippen LogP contribution in [0.2, 0.25) is 0 Å². The van der Waals surface area contributed by atoms with E-state index in [1.54, 1.807) is 4.68 Å². The largest absolute Gasteiger partial charge is 0.522 e. The zero-order valence-electron chi connectivity index (χ0n) is 10.9. The Morgan fingerprint density at radius 1 is 1.39 bits per heavy atom. The van der Waals surface area contributed by atoms with Crippen LogP contribution in [0.25, 0.3) is 0 Å². The SMILES string of the molecule is CNC(C)c1c(C)nn(CCOC(F)(F)F)c1C. The predicted octanol–water partition coefficient (Wildman–Crippen LogP) is 2.32. The Bertz CT molecular complexity index is 401. The van der Waals surface area contributed by atoms with Crippen molar-refractivity contribution in [3.63, 3.8) is 0 Å². The molecule has 1 N–H and O–H groups in total.